The highest BCUT2D eigenvalue weighted by Crippen LogP contribution is 2.45. The van der Waals surface area contributed by atoms with Crippen LogP contribution in [0.1, 0.15) is 22.7 Å². The van der Waals surface area contributed by atoms with Crippen LogP contribution < -0.4 is 9.64 Å². The van der Waals surface area contributed by atoms with E-state index in [1.807, 2.05) is 0 Å². The third-order valence-electron chi connectivity index (χ3n) is 5.56. The topological polar surface area (TPSA) is 87.1 Å². The number of phenolic OH excluding ortho intramolecular Hbond substituents is 1. The number of ether oxygens (including phenoxy) is 1. The van der Waals surface area contributed by atoms with Crippen molar-refractivity contribution in [3.63, 3.8) is 0 Å². The molecule has 1 amide bonds. The van der Waals surface area contributed by atoms with Gasteiger partial charge in [0.15, 0.2) is 5.75 Å². The Morgan fingerprint density at radius 3 is 2.22 bits per heavy atom. The number of amides is 1. The zero-order chi connectivity index (χ0) is 26.4. The summed E-state index contributed by atoms with van der Waals surface area (Å²) in [6.07, 6.45) is -4.71. The van der Waals surface area contributed by atoms with E-state index < -0.39 is 40.8 Å². The van der Waals surface area contributed by atoms with Crippen molar-refractivity contribution < 1.29 is 37.7 Å². The van der Waals surface area contributed by atoms with Crippen LogP contribution in [0, 0.1) is 0 Å². The van der Waals surface area contributed by atoms with Crippen LogP contribution in [0.15, 0.2) is 66.2 Å². The molecule has 36 heavy (non-hydrogen) atoms. The molecule has 0 saturated carbocycles. The van der Waals surface area contributed by atoms with Crippen molar-refractivity contribution in [2.75, 3.05) is 12.0 Å². The molecule has 3 aromatic carbocycles. The van der Waals surface area contributed by atoms with Gasteiger partial charge in [0, 0.05) is 11.3 Å². The summed E-state index contributed by atoms with van der Waals surface area (Å²) in [5.41, 5.74) is -1.56. The third kappa shape index (κ3) is 4.47. The molecule has 6 nitrogen and oxygen atoms in total. The quantitative estimate of drug-likeness (QED) is 0.230. The number of ketones is 1. The lowest BCUT2D eigenvalue weighted by Crippen LogP contribution is -2.29. The van der Waals surface area contributed by atoms with Gasteiger partial charge in [-0.1, -0.05) is 41.4 Å². The predicted octanol–water partition coefficient (Wildman–Crippen LogP) is 6.35. The maximum atomic E-state index is 13.4. The number of hydrogen-bond donors (Lipinski definition) is 2. The van der Waals surface area contributed by atoms with Gasteiger partial charge < -0.3 is 14.9 Å². The summed E-state index contributed by atoms with van der Waals surface area (Å²) in [6.45, 7) is 0. The third-order valence-corrected chi connectivity index (χ3v) is 6.12. The number of nitrogens with zero attached hydrogens (tertiary/aromatic N) is 1. The fraction of sp³-hybridized carbons (Fsp3) is 0.120. The molecule has 1 heterocycles. The molecule has 4 rings (SSSR count). The summed E-state index contributed by atoms with van der Waals surface area (Å²) in [4.78, 5) is 27.1. The van der Waals surface area contributed by atoms with Crippen molar-refractivity contribution >= 4 is 46.3 Å². The predicted molar refractivity (Wildman–Crippen MR) is 127 cm³/mol. The van der Waals surface area contributed by atoms with E-state index in [1.54, 1.807) is 0 Å². The standard InChI is InChI=1S/C25H16Cl2F3NO5/c1-36-23-17(26)9-13(10-18(23)27)21(33)19-20(12-4-2-7-16(32)8-12)31(24(35)22(19)34)15-6-3-5-14(11-15)25(28,29)30/h2-11,20,32-33H,1H3/b21-19+. The molecule has 11 heteroatoms. The van der Waals surface area contributed by atoms with E-state index >= 15 is 0 Å². The molecule has 0 aromatic heterocycles. The highest BCUT2D eigenvalue weighted by molar-refractivity contribution is 6.51. The SMILES string of the molecule is COc1c(Cl)cc(/C(O)=C2\C(=O)C(=O)N(c3cccc(C(F)(F)F)c3)C2c2cccc(O)c2)cc1Cl. The van der Waals surface area contributed by atoms with Gasteiger partial charge in [0.05, 0.1) is 34.3 Å². The molecule has 1 saturated heterocycles. The molecule has 1 atom stereocenters. The number of rotatable bonds is 4. The number of hydrogen-bond acceptors (Lipinski definition) is 5. The number of Topliss-reactive ketones (excluding diaryl/α,β-unsaturated/α-hetero) is 1. The summed E-state index contributed by atoms with van der Waals surface area (Å²) in [5.74, 6) is -3.10. The van der Waals surface area contributed by atoms with Crippen molar-refractivity contribution in [2.45, 2.75) is 12.2 Å². The lowest BCUT2D eigenvalue weighted by Gasteiger charge is -2.26. The maximum absolute atomic E-state index is 13.4. The van der Waals surface area contributed by atoms with E-state index in [4.69, 9.17) is 27.9 Å². The van der Waals surface area contributed by atoms with E-state index in [-0.39, 0.29) is 38.4 Å². The summed E-state index contributed by atoms with van der Waals surface area (Å²) >= 11 is 12.3. The molecule has 3 aromatic rings. The first-order valence-electron chi connectivity index (χ1n) is 10.2. The van der Waals surface area contributed by atoms with Gasteiger partial charge in [-0.25, -0.2) is 0 Å². The molecule has 186 valence electrons. The first kappa shape index (κ1) is 25.4. The van der Waals surface area contributed by atoms with Gasteiger partial charge in [-0.3, -0.25) is 14.5 Å². The first-order chi connectivity index (χ1) is 16.9. The lowest BCUT2D eigenvalue weighted by molar-refractivity contribution is -0.137. The van der Waals surface area contributed by atoms with Crippen LogP contribution >= 0.6 is 23.2 Å². The number of alkyl halides is 3. The monoisotopic (exact) mass is 537 g/mol. The lowest BCUT2D eigenvalue weighted by atomic mass is 9.95. The van der Waals surface area contributed by atoms with Crippen LogP contribution in [0.5, 0.6) is 11.5 Å². The Kier molecular flexibility index (Phi) is 6.64. The van der Waals surface area contributed by atoms with E-state index in [0.717, 1.165) is 23.1 Å². The summed E-state index contributed by atoms with van der Waals surface area (Å²) < 4.78 is 45.2. The van der Waals surface area contributed by atoms with Crippen LogP contribution in [0.25, 0.3) is 5.76 Å². The zero-order valence-electron chi connectivity index (χ0n) is 18.3. The summed E-state index contributed by atoms with van der Waals surface area (Å²) in [7, 11) is 1.33. The number of halogens is 5. The van der Waals surface area contributed by atoms with E-state index in [1.165, 1.54) is 49.6 Å². The largest absolute Gasteiger partial charge is 0.508 e. The minimum absolute atomic E-state index is 0.00700. The normalized spacial score (nSPS) is 17.5. The number of benzene rings is 3. The molecule has 0 radical (unpaired) electrons. The van der Waals surface area contributed by atoms with Crippen LogP contribution in [0.3, 0.4) is 0 Å². The molecular formula is C25H16Cl2F3NO5. The van der Waals surface area contributed by atoms with E-state index in [2.05, 4.69) is 0 Å². The van der Waals surface area contributed by atoms with Crippen molar-refractivity contribution in [1.82, 2.24) is 0 Å². The highest BCUT2D eigenvalue weighted by atomic mass is 35.5. The Bertz CT molecular complexity index is 1400. The highest BCUT2D eigenvalue weighted by Gasteiger charge is 2.47. The molecule has 0 bridgehead atoms. The first-order valence-corrected chi connectivity index (χ1v) is 11.0. The number of carbonyl (C=O) groups excluding carboxylic acids is 2. The Labute approximate surface area is 212 Å². The van der Waals surface area contributed by atoms with Crippen molar-refractivity contribution in [1.29, 1.82) is 0 Å². The maximum Gasteiger partial charge on any atom is 0.416 e. The second kappa shape index (κ2) is 9.40. The van der Waals surface area contributed by atoms with Crippen LogP contribution in [-0.2, 0) is 15.8 Å². The number of aliphatic hydroxyl groups is 1. The minimum atomic E-state index is -4.71. The Morgan fingerprint density at radius 2 is 1.64 bits per heavy atom. The molecule has 1 aliphatic heterocycles. The van der Waals surface area contributed by atoms with Crippen molar-refractivity contribution in [3.05, 3.63) is 93.0 Å². The van der Waals surface area contributed by atoms with Crippen LogP contribution in [-0.4, -0.2) is 29.0 Å². The van der Waals surface area contributed by atoms with Gasteiger partial charge in [-0.15, -0.1) is 0 Å². The second-order valence-corrected chi connectivity index (χ2v) is 8.60. The molecular weight excluding hydrogens is 522 g/mol. The van der Waals surface area contributed by atoms with Gasteiger partial charge in [0.25, 0.3) is 11.7 Å². The fourth-order valence-corrected chi connectivity index (χ4v) is 4.63. The Hall–Kier alpha value is -3.69. The summed E-state index contributed by atoms with van der Waals surface area (Å²) in [6, 6.07) is 10.5. The number of aliphatic hydroxyl groups excluding tert-OH is 1. The molecule has 0 aliphatic carbocycles. The van der Waals surface area contributed by atoms with Crippen LogP contribution in [0.2, 0.25) is 10.0 Å². The molecule has 1 unspecified atom stereocenters. The zero-order valence-corrected chi connectivity index (χ0v) is 19.8. The minimum Gasteiger partial charge on any atom is -0.508 e. The number of phenols is 1. The van der Waals surface area contributed by atoms with Gasteiger partial charge >= 0.3 is 6.18 Å². The van der Waals surface area contributed by atoms with Crippen molar-refractivity contribution in [3.8, 4) is 11.5 Å². The van der Waals surface area contributed by atoms with Crippen LogP contribution in [0.4, 0.5) is 18.9 Å². The fourth-order valence-electron chi connectivity index (χ4n) is 3.99. The average Bonchev–Trinajstić information content (AvgIpc) is 3.08. The molecule has 0 spiro atoms. The Morgan fingerprint density at radius 1 is 1.00 bits per heavy atom. The number of carbonyl (C=O) groups is 2. The smallest absolute Gasteiger partial charge is 0.416 e. The van der Waals surface area contributed by atoms with Gasteiger partial charge in [-0.2, -0.15) is 13.2 Å². The van der Waals surface area contributed by atoms with Gasteiger partial charge in [0.1, 0.15) is 11.5 Å². The molecule has 2 N–H and O–H groups in total. The molecule has 1 aliphatic rings. The molecule has 1 fully saturated rings. The number of anilines is 1. The van der Waals surface area contributed by atoms with Gasteiger partial charge in [-0.05, 0) is 48.0 Å². The number of methoxy groups -OCH3 is 1. The second-order valence-electron chi connectivity index (χ2n) is 7.79. The average molecular weight is 538 g/mol. The van der Waals surface area contributed by atoms with Gasteiger partial charge in [0.2, 0.25) is 0 Å². The van der Waals surface area contributed by atoms with E-state index in [9.17, 15) is 33.0 Å². The van der Waals surface area contributed by atoms with E-state index in [0.29, 0.717) is 0 Å². The Balaban J connectivity index is 1.97. The number of aromatic hydroxyl groups is 1. The summed E-state index contributed by atoms with van der Waals surface area (Å²) in [5, 5.41) is 21.2. The van der Waals surface area contributed by atoms with Crippen molar-refractivity contribution in [2.24, 2.45) is 0 Å².